The predicted octanol–water partition coefficient (Wildman–Crippen LogP) is 1.82. The molecule has 0 aliphatic carbocycles. The Kier molecular flexibility index (Phi) is 7.65. The molecule has 0 aromatic heterocycles. The van der Waals surface area contributed by atoms with E-state index in [-0.39, 0.29) is 0 Å². The van der Waals surface area contributed by atoms with E-state index in [1.54, 1.807) is 0 Å². The highest BCUT2D eigenvalue weighted by Gasteiger charge is 2.11. The number of aliphatic hydroxyl groups is 1. The lowest BCUT2D eigenvalue weighted by atomic mass is 9.99. The zero-order valence-electron chi connectivity index (χ0n) is 11.4. The van der Waals surface area contributed by atoms with Crippen molar-refractivity contribution in [1.29, 1.82) is 0 Å². The Bertz CT molecular complexity index is 303. The first-order chi connectivity index (χ1) is 8.77. The summed E-state index contributed by atoms with van der Waals surface area (Å²) in [5, 5.41) is 8.73. The third-order valence-corrected chi connectivity index (χ3v) is 3.29. The highest BCUT2D eigenvalue weighted by molar-refractivity contribution is 5.20. The zero-order valence-corrected chi connectivity index (χ0v) is 11.4. The predicted molar refractivity (Wildman–Crippen MR) is 76.7 cm³/mol. The van der Waals surface area contributed by atoms with Crippen LogP contribution in [0.1, 0.15) is 30.7 Å². The van der Waals surface area contributed by atoms with E-state index < -0.39 is 0 Å². The second kappa shape index (κ2) is 9.09. The molecular weight excluding hydrogens is 224 g/mol. The highest BCUT2D eigenvalue weighted by Crippen LogP contribution is 2.15. The van der Waals surface area contributed by atoms with Crippen LogP contribution in [0.15, 0.2) is 30.3 Å². The maximum Gasteiger partial charge on any atom is 0.0431 e. The fraction of sp³-hybridized carbons (Fsp3) is 0.600. The molecule has 102 valence electrons. The van der Waals surface area contributed by atoms with Crippen LogP contribution in [0.2, 0.25) is 0 Å². The summed E-state index contributed by atoms with van der Waals surface area (Å²) >= 11 is 0. The topological polar surface area (TPSA) is 49.5 Å². The number of hydrogen-bond donors (Lipinski definition) is 2. The van der Waals surface area contributed by atoms with Crippen LogP contribution < -0.4 is 5.73 Å². The minimum atomic E-state index is 0.305. The van der Waals surface area contributed by atoms with Crippen LogP contribution in [0, 0.1) is 0 Å². The van der Waals surface area contributed by atoms with Crippen molar-refractivity contribution in [2.24, 2.45) is 5.73 Å². The van der Waals surface area contributed by atoms with Crippen molar-refractivity contribution in [1.82, 2.24) is 4.90 Å². The van der Waals surface area contributed by atoms with Crippen molar-refractivity contribution in [3.63, 3.8) is 0 Å². The molecule has 0 radical (unpaired) electrons. The fourth-order valence-electron chi connectivity index (χ4n) is 2.18. The van der Waals surface area contributed by atoms with E-state index in [1.807, 2.05) is 6.07 Å². The number of unbranched alkanes of at least 4 members (excludes halogenated alkanes) is 2. The molecule has 3 nitrogen and oxygen atoms in total. The summed E-state index contributed by atoms with van der Waals surface area (Å²) in [4.78, 5) is 2.34. The Balaban J connectivity index is 2.34. The molecule has 0 fully saturated rings. The number of likely N-dealkylation sites (N-methyl/N-ethyl adjacent to an activating group) is 1. The van der Waals surface area contributed by atoms with Gasteiger partial charge in [0.2, 0.25) is 0 Å². The maximum atomic E-state index is 8.73. The number of benzene rings is 1. The Morgan fingerprint density at radius 1 is 1.17 bits per heavy atom. The van der Waals surface area contributed by atoms with Crippen molar-refractivity contribution in [2.45, 2.75) is 25.2 Å². The molecule has 3 N–H and O–H groups in total. The summed E-state index contributed by atoms with van der Waals surface area (Å²) in [5.41, 5.74) is 7.19. The minimum Gasteiger partial charge on any atom is -0.396 e. The van der Waals surface area contributed by atoms with Gasteiger partial charge in [-0.3, -0.25) is 0 Å². The zero-order chi connectivity index (χ0) is 13.2. The van der Waals surface area contributed by atoms with E-state index in [9.17, 15) is 0 Å². The van der Waals surface area contributed by atoms with Gasteiger partial charge in [-0.15, -0.1) is 0 Å². The SMILES string of the molecule is CN(CCCCCO)CC(CN)c1ccccc1. The Labute approximate surface area is 111 Å². The molecule has 1 aromatic rings. The van der Waals surface area contributed by atoms with Gasteiger partial charge in [-0.1, -0.05) is 30.3 Å². The van der Waals surface area contributed by atoms with Crippen molar-refractivity contribution >= 4 is 0 Å². The summed E-state index contributed by atoms with van der Waals surface area (Å²) in [6, 6.07) is 10.5. The monoisotopic (exact) mass is 250 g/mol. The molecule has 1 aromatic carbocycles. The number of aliphatic hydroxyl groups excluding tert-OH is 1. The molecule has 0 heterocycles. The van der Waals surface area contributed by atoms with E-state index in [0.717, 1.165) is 32.4 Å². The molecule has 0 aliphatic rings. The van der Waals surface area contributed by atoms with Gasteiger partial charge >= 0.3 is 0 Å². The lowest BCUT2D eigenvalue weighted by Crippen LogP contribution is -2.29. The van der Waals surface area contributed by atoms with Gasteiger partial charge in [0.05, 0.1) is 0 Å². The maximum absolute atomic E-state index is 8.73. The van der Waals surface area contributed by atoms with Gasteiger partial charge in [-0.05, 0) is 38.4 Å². The minimum absolute atomic E-state index is 0.305. The van der Waals surface area contributed by atoms with Crippen molar-refractivity contribution < 1.29 is 5.11 Å². The van der Waals surface area contributed by atoms with Crippen molar-refractivity contribution in [3.8, 4) is 0 Å². The van der Waals surface area contributed by atoms with Gasteiger partial charge in [0.1, 0.15) is 0 Å². The van der Waals surface area contributed by atoms with Crippen molar-refractivity contribution in [2.75, 3.05) is 33.3 Å². The van der Waals surface area contributed by atoms with Crippen LogP contribution in [-0.2, 0) is 0 Å². The van der Waals surface area contributed by atoms with Gasteiger partial charge in [0, 0.05) is 25.6 Å². The van der Waals surface area contributed by atoms with Gasteiger partial charge in [-0.25, -0.2) is 0 Å². The van der Waals surface area contributed by atoms with Crippen molar-refractivity contribution in [3.05, 3.63) is 35.9 Å². The van der Waals surface area contributed by atoms with Crippen LogP contribution in [0.4, 0.5) is 0 Å². The Hall–Kier alpha value is -0.900. The third kappa shape index (κ3) is 5.63. The average Bonchev–Trinajstić information content (AvgIpc) is 2.42. The molecule has 0 bridgehead atoms. The molecule has 0 spiro atoms. The molecule has 1 rings (SSSR count). The van der Waals surface area contributed by atoms with Crippen LogP contribution in [0.5, 0.6) is 0 Å². The Morgan fingerprint density at radius 2 is 1.89 bits per heavy atom. The first-order valence-corrected chi connectivity index (χ1v) is 6.82. The molecule has 1 unspecified atom stereocenters. The van der Waals surface area contributed by atoms with E-state index >= 15 is 0 Å². The summed E-state index contributed by atoms with van der Waals surface area (Å²) < 4.78 is 0. The van der Waals surface area contributed by atoms with Gasteiger partial charge in [0.25, 0.3) is 0 Å². The summed E-state index contributed by atoms with van der Waals surface area (Å²) in [6.45, 7) is 3.06. The summed E-state index contributed by atoms with van der Waals surface area (Å²) in [7, 11) is 2.14. The van der Waals surface area contributed by atoms with E-state index in [2.05, 4.69) is 36.2 Å². The first-order valence-electron chi connectivity index (χ1n) is 6.82. The standard InChI is InChI=1S/C15H26N2O/c1-17(10-6-3-7-11-18)13-15(12-16)14-8-4-2-5-9-14/h2,4-5,8-9,15,18H,3,6-7,10-13,16H2,1H3. The molecule has 0 aliphatic heterocycles. The highest BCUT2D eigenvalue weighted by atomic mass is 16.2. The molecule has 0 amide bonds. The van der Waals surface area contributed by atoms with Crippen LogP contribution in [0.3, 0.4) is 0 Å². The first kappa shape index (κ1) is 15.2. The summed E-state index contributed by atoms with van der Waals surface area (Å²) in [6.07, 6.45) is 3.15. The number of nitrogens with zero attached hydrogens (tertiary/aromatic N) is 1. The third-order valence-electron chi connectivity index (χ3n) is 3.29. The van der Waals surface area contributed by atoms with Crippen LogP contribution >= 0.6 is 0 Å². The van der Waals surface area contributed by atoms with Crippen LogP contribution in [-0.4, -0.2) is 43.3 Å². The molecule has 0 saturated carbocycles. The van der Waals surface area contributed by atoms with E-state index in [4.69, 9.17) is 10.8 Å². The smallest absolute Gasteiger partial charge is 0.0431 e. The van der Waals surface area contributed by atoms with Gasteiger partial charge in [0.15, 0.2) is 0 Å². The van der Waals surface area contributed by atoms with E-state index in [1.165, 1.54) is 5.56 Å². The second-order valence-electron chi connectivity index (χ2n) is 4.89. The number of hydrogen-bond acceptors (Lipinski definition) is 3. The lowest BCUT2D eigenvalue weighted by molar-refractivity contribution is 0.269. The molecular formula is C15H26N2O. The molecule has 1 atom stereocenters. The molecule has 3 heteroatoms. The Morgan fingerprint density at radius 3 is 2.50 bits per heavy atom. The molecule has 0 saturated heterocycles. The largest absolute Gasteiger partial charge is 0.396 e. The van der Waals surface area contributed by atoms with Gasteiger partial charge in [-0.2, -0.15) is 0 Å². The van der Waals surface area contributed by atoms with Gasteiger partial charge < -0.3 is 15.7 Å². The number of nitrogens with two attached hydrogens (primary N) is 1. The normalized spacial score (nSPS) is 12.9. The average molecular weight is 250 g/mol. The van der Waals surface area contributed by atoms with E-state index in [0.29, 0.717) is 19.1 Å². The summed E-state index contributed by atoms with van der Waals surface area (Å²) in [5.74, 6) is 0.411. The quantitative estimate of drug-likeness (QED) is 0.657. The van der Waals surface area contributed by atoms with Crippen LogP contribution in [0.25, 0.3) is 0 Å². The number of rotatable bonds is 9. The second-order valence-corrected chi connectivity index (χ2v) is 4.89. The molecule has 18 heavy (non-hydrogen) atoms. The lowest BCUT2D eigenvalue weighted by Gasteiger charge is -2.23. The fourth-order valence-corrected chi connectivity index (χ4v) is 2.18.